The van der Waals surface area contributed by atoms with Crippen LogP contribution in [0.1, 0.15) is 44.2 Å². The van der Waals surface area contributed by atoms with E-state index in [0.29, 0.717) is 11.5 Å². The van der Waals surface area contributed by atoms with Crippen molar-refractivity contribution in [2.24, 2.45) is 5.41 Å². The molecule has 1 unspecified atom stereocenters. The molecule has 2 heteroatoms. The van der Waals surface area contributed by atoms with Gasteiger partial charge in [-0.3, -0.25) is 4.90 Å². The Labute approximate surface area is 130 Å². The van der Waals surface area contributed by atoms with Gasteiger partial charge in [0.2, 0.25) is 0 Å². The normalized spacial score (nSPS) is 27.8. The Morgan fingerprint density at radius 3 is 2.71 bits per heavy atom. The van der Waals surface area contributed by atoms with Crippen molar-refractivity contribution < 1.29 is 0 Å². The summed E-state index contributed by atoms with van der Waals surface area (Å²) in [6, 6.07) is 9.72. The molecule has 2 aliphatic rings. The second-order valence-corrected chi connectivity index (χ2v) is 7.62. The minimum atomic E-state index is 0.576. The number of piperidine rings is 1. The summed E-state index contributed by atoms with van der Waals surface area (Å²) in [5.41, 5.74) is 3.43. The molecule has 2 fully saturated rings. The molecule has 0 bridgehead atoms. The number of hydrogen-bond donors (Lipinski definition) is 0. The van der Waals surface area contributed by atoms with E-state index in [9.17, 15) is 0 Å². The first kappa shape index (κ1) is 15.1. The van der Waals surface area contributed by atoms with Crippen molar-refractivity contribution in [2.75, 3.05) is 26.2 Å². The summed E-state index contributed by atoms with van der Waals surface area (Å²) < 4.78 is 0. The molecule has 1 aromatic rings. The van der Waals surface area contributed by atoms with E-state index in [0.717, 1.165) is 6.54 Å². The summed E-state index contributed by atoms with van der Waals surface area (Å²) in [4.78, 5) is 5.37. The van der Waals surface area contributed by atoms with Crippen molar-refractivity contribution in [1.29, 1.82) is 0 Å². The van der Waals surface area contributed by atoms with Crippen LogP contribution >= 0.6 is 0 Å². The second kappa shape index (κ2) is 6.10. The SMILES string of the molecule is Cc1cccc(CN2CCCC3(CCN(C(C)C)C3)C2)c1. The molecule has 0 aromatic heterocycles. The Balaban J connectivity index is 1.64. The van der Waals surface area contributed by atoms with Gasteiger partial charge in [-0.15, -0.1) is 0 Å². The van der Waals surface area contributed by atoms with Crippen LogP contribution in [0.2, 0.25) is 0 Å². The summed E-state index contributed by atoms with van der Waals surface area (Å²) in [6.45, 7) is 13.2. The van der Waals surface area contributed by atoms with Crippen molar-refractivity contribution in [3.8, 4) is 0 Å². The van der Waals surface area contributed by atoms with Crippen molar-refractivity contribution in [3.05, 3.63) is 35.4 Å². The number of nitrogens with zero attached hydrogens (tertiary/aromatic N) is 2. The third-order valence-corrected chi connectivity index (χ3v) is 5.43. The zero-order chi connectivity index (χ0) is 14.9. The predicted molar refractivity (Wildman–Crippen MR) is 89.4 cm³/mol. The Morgan fingerprint density at radius 1 is 1.14 bits per heavy atom. The Bertz CT molecular complexity index is 482. The highest BCUT2D eigenvalue weighted by atomic mass is 15.2. The molecule has 0 saturated carbocycles. The van der Waals surface area contributed by atoms with Crippen LogP contribution in [0.4, 0.5) is 0 Å². The molecule has 2 saturated heterocycles. The summed E-state index contributed by atoms with van der Waals surface area (Å²) in [6.07, 6.45) is 4.20. The van der Waals surface area contributed by atoms with E-state index in [1.165, 1.54) is 56.6 Å². The van der Waals surface area contributed by atoms with Crippen LogP contribution in [0.3, 0.4) is 0 Å². The van der Waals surface area contributed by atoms with Crippen molar-refractivity contribution in [3.63, 3.8) is 0 Å². The van der Waals surface area contributed by atoms with Crippen molar-refractivity contribution in [2.45, 2.75) is 52.6 Å². The van der Waals surface area contributed by atoms with Gasteiger partial charge < -0.3 is 4.90 Å². The highest BCUT2D eigenvalue weighted by Gasteiger charge is 2.41. The molecule has 3 rings (SSSR count). The maximum absolute atomic E-state index is 2.70. The third kappa shape index (κ3) is 3.49. The van der Waals surface area contributed by atoms with E-state index in [1.54, 1.807) is 0 Å². The van der Waals surface area contributed by atoms with Crippen LogP contribution in [0.25, 0.3) is 0 Å². The molecule has 2 heterocycles. The molecule has 0 amide bonds. The molecule has 116 valence electrons. The van der Waals surface area contributed by atoms with Gasteiger partial charge in [-0.1, -0.05) is 29.8 Å². The number of hydrogen-bond acceptors (Lipinski definition) is 2. The quantitative estimate of drug-likeness (QED) is 0.836. The molecule has 2 nitrogen and oxygen atoms in total. The maximum Gasteiger partial charge on any atom is 0.0234 e. The van der Waals surface area contributed by atoms with E-state index in [4.69, 9.17) is 0 Å². The summed E-state index contributed by atoms with van der Waals surface area (Å²) in [7, 11) is 0. The lowest BCUT2D eigenvalue weighted by Crippen LogP contribution is -2.45. The first-order valence-electron chi connectivity index (χ1n) is 8.58. The lowest BCUT2D eigenvalue weighted by molar-refractivity contribution is 0.0837. The van der Waals surface area contributed by atoms with Gasteiger partial charge in [0, 0.05) is 25.7 Å². The van der Waals surface area contributed by atoms with Gasteiger partial charge in [0.1, 0.15) is 0 Å². The molecule has 0 aliphatic carbocycles. The minimum absolute atomic E-state index is 0.576. The van der Waals surface area contributed by atoms with Crippen LogP contribution in [0, 0.1) is 12.3 Å². The smallest absolute Gasteiger partial charge is 0.0234 e. The predicted octanol–water partition coefficient (Wildman–Crippen LogP) is 3.69. The highest BCUT2D eigenvalue weighted by molar-refractivity contribution is 5.22. The van der Waals surface area contributed by atoms with E-state index in [2.05, 4.69) is 54.8 Å². The number of likely N-dealkylation sites (tertiary alicyclic amines) is 2. The largest absolute Gasteiger partial charge is 0.300 e. The summed E-state index contributed by atoms with van der Waals surface area (Å²) >= 11 is 0. The standard InChI is InChI=1S/C19H30N2/c1-16(2)21-11-9-19(15-21)8-5-10-20(14-19)13-18-7-4-6-17(3)12-18/h4,6-7,12,16H,5,8-11,13-15H2,1-3H3. The van der Waals surface area contributed by atoms with Crippen molar-refractivity contribution in [1.82, 2.24) is 9.80 Å². The first-order chi connectivity index (χ1) is 10.1. The molecule has 2 aliphatic heterocycles. The van der Waals surface area contributed by atoms with Gasteiger partial charge in [-0.25, -0.2) is 0 Å². The zero-order valence-corrected chi connectivity index (χ0v) is 13.9. The van der Waals surface area contributed by atoms with E-state index < -0.39 is 0 Å². The molecule has 1 aromatic carbocycles. The summed E-state index contributed by atoms with van der Waals surface area (Å²) in [5, 5.41) is 0. The van der Waals surface area contributed by atoms with Crippen LogP contribution in [-0.4, -0.2) is 42.0 Å². The van der Waals surface area contributed by atoms with E-state index in [1.807, 2.05) is 0 Å². The Kier molecular flexibility index (Phi) is 4.37. The Hall–Kier alpha value is -0.860. The molecule has 0 radical (unpaired) electrons. The van der Waals surface area contributed by atoms with Crippen LogP contribution in [0.5, 0.6) is 0 Å². The van der Waals surface area contributed by atoms with Gasteiger partial charge in [0.05, 0.1) is 0 Å². The Morgan fingerprint density at radius 2 is 2.00 bits per heavy atom. The molecule has 0 N–H and O–H groups in total. The molecular formula is C19H30N2. The highest BCUT2D eigenvalue weighted by Crippen LogP contribution is 2.39. The van der Waals surface area contributed by atoms with Gasteiger partial charge in [-0.05, 0) is 64.1 Å². The maximum atomic E-state index is 2.70. The molecule has 1 atom stereocenters. The third-order valence-electron chi connectivity index (χ3n) is 5.43. The first-order valence-corrected chi connectivity index (χ1v) is 8.58. The topological polar surface area (TPSA) is 6.48 Å². The lowest BCUT2D eigenvalue weighted by atomic mass is 9.79. The molecule has 21 heavy (non-hydrogen) atoms. The number of aryl methyl sites for hydroxylation is 1. The molecular weight excluding hydrogens is 256 g/mol. The van der Waals surface area contributed by atoms with Gasteiger partial charge in [0.25, 0.3) is 0 Å². The monoisotopic (exact) mass is 286 g/mol. The van der Waals surface area contributed by atoms with E-state index in [-0.39, 0.29) is 0 Å². The molecule has 1 spiro atoms. The minimum Gasteiger partial charge on any atom is -0.300 e. The van der Waals surface area contributed by atoms with Crippen LogP contribution in [0.15, 0.2) is 24.3 Å². The fourth-order valence-electron chi connectivity index (χ4n) is 4.26. The second-order valence-electron chi connectivity index (χ2n) is 7.62. The summed E-state index contributed by atoms with van der Waals surface area (Å²) in [5.74, 6) is 0. The van der Waals surface area contributed by atoms with Crippen LogP contribution in [-0.2, 0) is 6.54 Å². The number of rotatable bonds is 3. The van der Waals surface area contributed by atoms with Crippen molar-refractivity contribution >= 4 is 0 Å². The van der Waals surface area contributed by atoms with Crippen LogP contribution < -0.4 is 0 Å². The number of benzene rings is 1. The fourth-order valence-corrected chi connectivity index (χ4v) is 4.26. The van der Waals surface area contributed by atoms with Gasteiger partial charge >= 0.3 is 0 Å². The van der Waals surface area contributed by atoms with Gasteiger partial charge in [-0.2, -0.15) is 0 Å². The average Bonchev–Trinajstić information content (AvgIpc) is 2.83. The van der Waals surface area contributed by atoms with Gasteiger partial charge in [0.15, 0.2) is 0 Å². The zero-order valence-electron chi connectivity index (χ0n) is 13.9. The fraction of sp³-hybridized carbons (Fsp3) is 0.684. The lowest BCUT2D eigenvalue weighted by Gasteiger charge is -2.41. The average molecular weight is 286 g/mol. The van der Waals surface area contributed by atoms with E-state index >= 15 is 0 Å².